The van der Waals surface area contributed by atoms with Crippen molar-refractivity contribution in [1.29, 1.82) is 5.26 Å². The molecular weight excluding hydrogens is 325 g/mol. The van der Waals surface area contributed by atoms with Crippen molar-refractivity contribution in [2.24, 2.45) is 0 Å². The Morgan fingerprint density at radius 1 is 1.20 bits per heavy atom. The molecule has 0 bridgehead atoms. The van der Waals surface area contributed by atoms with Gasteiger partial charge in [-0.1, -0.05) is 15.9 Å². The van der Waals surface area contributed by atoms with Crippen LogP contribution in [-0.2, 0) is 13.2 Å². The predicted octanol–water partition coefficient (Wildman–Crippen LogP) is 3.53. The van der Waals surface area contributed by atoms with E-state index in [-0.39, 0.29) is 13.2 Å². The number of hydrogen-bond donors (Lipinski definition) is 1. The SMILES string of the molecule is N#Cc1ccc(F)cc1COc1ccc(Br)cc1CO. The van der Waals surface area contributed by atoms with Crippen LogP contribution >= 0.6 is 15.9 Å². The Morgan fingerprint density at radius 2 is 2.00 bits per heavy atom. The fourth-order valence-corrected chi connectivity index (χ4v) is 2.17. The van der Waals surface area contributed by atoms with Crippen LogP contribution in [0.3, 0.4) is 0 Å². The summed E-state index contributed by atoms with van der Waals surface area (Å²) in [5, 5.41) is 18.2. The molecule has 0 unspecified atom stereocenters. The molecule has 1 N–H and O–H groups in total. The molecule has 0 aliphatic rings. The van der Waals surface area contributed by atoms with Crippen LogP contribution in [0, 0.1) is 17.1 Å². The van der Waals surface area contributed by atoms with Gasteiger partial charge in [-0.2, -0.15) is 5.26 Å². The predicted molar refractivity (Wildman–Crippen MR) is 75.5 cm³/mol. The Balaban J connectivity index is 2.21. The summed E-state index contributed by atoms with van der Waals surface area (Å²) in [6.07, 6.45) is 0. The van der Waals surface area contributed by atoms with E-state index in [1.807, 2.05) is 6.07 Å². The Labute approximate surface area is 124 Å². The van der Waals surface area contributed by atoms with Crippen molar-refractivity contribution in [3.8, 4) is 11.8 Å². The number of benzene rings is 2. The van der Waals surface area contributed by atoms with Crippen molar-refractivity contribution in [1.82, 2.24) is 0 Å². The maximum atomic E-state index is 13.2. The lowest BCUT2D eigenvalue weighted by Crippen LogP contribution is -2.01. The molecule has 0 aliphatic carbocycles. The number of nitriles is 1. The molecular formula is C15H11BrFNO2. The summed E-state index contributed by atoms with van der Waals surface area (Å²) in [6, 6.07) is 11.2. The summed E-state index contributed by atoms with van der Waals surface area (Å²) in [6.45, 7) is -0.0989. The third-order valence-electron chi connectivity index (χ3n) is 2.76. The topological polar surface area (TPSA) is 53.2 Å². The van der Waals surface area contributed by atoms with Crippen molar-refractivity contribution in [3.05, 3.63) is 63.4 Å². The number of aliphatic hydroxyl groups is 1. The number of hydrogen-bond acceptors (Lipinski definition) is 3. The molecule has 0 amide bonds. The minimum Gasteiger partial charge on any atom is -0.488 e. The Hall–Kier alpha value is -1.90. The second kappa shape index (κ2) is 6.51. The van der Waals surface area contributed by atoms with Gasteiger partial charge in [0.2, 0.25) is 0 Å². The number of nitrogens with zero attached hydrogens (tertiary/aromatic N) is 1. The lowest BCUT2D eigenvalue weighted by molar-refractivity contribution is 0.258. The largest absolute Gasteiger partial charge is 0.488 e. The second-order valence-electron chi connectivity index (χ2n) is 4.11. The molecule has 2 aromatic carbocycles. The average molecular weight is 336 g/mol. The number of halogens is 2. The van der Waals surface area contributed by atoms with E-state index in [0.717, 1.165) is 4.47 Å². The quantitative estimate of drug-likeness (QED) is 0.929. The highest BCUT2D eigenvalue weighted by Gasteiger charge is 2.08. The normalized spacial score (nSPS) is 10.1. The first-order valence-electron chi connectivity index (χ1n) is 5.84. The zero-order chi connectivity index (χ0) is 14.5. The third-order valence-corrected chi connectivity index (χ3v) is 3.26. The molecule has 0 fully saturated rings. The van der Waals surface area contributed by atoms with E-state index < -0.39 is 5.82 Å². The summed E-state index contributed by atoms with van der Waals surface area (Å²) in [5.41, 5.74) is 1.46. The number of ether oxygens (including phenoxy) is 1. The van der Waals surface area contributed by atoms with Crippen LogP contribution in [0.4, 0.5) is 4.39 Å². The third kappa shape index (κ3) is 3.35. The minimum absolute atomic E-state index is 0.0648. The molecule has 0 aromatic heterocycles. The first-order valence-corrected chi connectivity index (χ1v) is 6.64. The molecule has 0 heterocycles. The van der Waals surface area contributed by atoms with Crippen molar-refractivity contribution in [3.63, 3.8) is 0 Å². The zero-order valence-corrected chi connectivity index (χ0v) is 12.0. The summed E-state index contributed by atoms with van der Waals surface area (Å²) < 4.78 is 19.6. The molecule has 3 nitrogen and oxygen atoms in total. The van der Waals surface area contributed by atoms with Gasteiger partial charge in [-0.15, -0.1) is 0 Å². The van der Waals surface area contributed by atoms with E-state index in [0.29, 0.717) is 22.4 Å². The Bertz CT molecular complexity index is 667. The lowest BCUT2D eigenvalue weighted by atomic mass is 10.1. The first kappa shape index (κ1) is 14.5. The van der Waals surface area contributed by atoms with Crippen molar-refractivity contribution in [2.75, 3.05) is 0 Å². The molecule has 0 spiro atoms. The minimum atomic E-state index is -0.416. The van der Waals surface area contributed by atoms with Crippen molar-refractivity contribution < 1.29 is 14.2 Å². The van der Waals surface area contributed by atoms with Gasteiger partial charge in [0.25, 0.3) is 0 Å². The lowest BCUT2D eigenvalue weighted by Gasteiger charge is -2.11. The average Bonchev–Trinajstić information content (AvgIpc) is 2.46. The second-order valence-corrected chi connectivity index (χ2v) is 5.03. The summed E-state index contributed by atoms with van der Waals surface area (Å²) in [7, 11) is 0. The molecule has 0 saturated heterocycles. The maximum absolute atomic E-state index is 13.2. The maximum Gasteiger partial charge on any atom is 0.125 e. The van der Waals surface area contributed by atoms with E-state index in [1.54, 1.807) is 18.2 Å². The highest BCUT2D eigenvalue weighted by atomic mass is 79.9. The van der Waals surface area contributed by atoms with Gasteiger partial charge in [-0.3, -0.25) is 0 Å². The fourth-order valence-electron chi connectivity index (χ4n) is 1.76. The fraction of sp³-hybridized carbons (Fsp3) is 0.133. The van der Waals surface area contributed by atoms with Crippen LogP contribution in [-0.4, -0.2) is 5.11 Å². The van der Waals surface area contributed by atoms with Gasteiger partial charge in [-0.25, -0.2) is 4.39 Å². The highest BCUT2D eigenvalue weighted by Crippen LogP contribution is 2.24. The number of rotatable bonds is 4. The van der Waals surface area contributed by atoms with Crippen molar-refractivity contribution >= 4 is 15.9 Å². The van der Waals surface area contributed by atoms with Crippen LogP contribution in [0.1, 0.15) is 16.7 Å². The van der Waals surface area contributed by atoms with E-state index in [4.69, 9.17) is 10.00 Å². The van der Waals surface area contributed by atoms with Crippen LogP contribution in [0.25, 0.3) is 0 Å². The number of aliphatic hydroxyl groups excluding tert-OH is 1. The molecule has 0 radical (unpaired) electrons. The van der Waals surface area contributed by atoms with Gasteiger partial charge in [0.1, 0.15) is 18.2 Å². The standard InChI is InChI=1S/C15H11BrFNO2/c16-13-2-4-15(11(5-13)8-19)20-9-12-6-14(17)3-1-10(12)7-18/h1-6,19H,8-9H2. The summed E-state index contributed by atoms with van der Waals surface area (Å²) in [5.74, 6) is 0.0876. The highest BCUT2D eigenvalue weighted by molar-refractivity contribution is 9.10. The smallest absolute Gasteiger partial charge is 0.125 e. The summed E-state index contributed by atoms with van der Waals surface area (Å²) in [4.78, 5) is 0. The molecule has 2 aromatic rings. The molecule has 20 heavy (non-hydrogen) atoms. The van der Waals surface area contributed by atoms with Crippen LogP contribution in [0.2, 0.25) is 0 Å². The van der Waals surface area contributed by atoms with Crippen LogP contribution in [0.5, 0.6) is 5.75 Å². The van der Waals surface area contributed by atoms with Crippen LogP contribution < -0.4 is 4.74 Å². The van der Waals surface area contributed by atoms with Gasteiger partial charge >= 0.3 is 0 Å². The van der Waals surface area contributed by atoms with E-state index in [1.165, 1.54) is 18.2 Å². The molecule has 0 saturated carbocycles. The Morgan fingerprint density at radius 3 is 2.70 bits per heavy atom. The Kier molecular flexibility index (Phi) is 4.72. The molecule has 0 aliphatic heterocycles. The van der Waals surface area contributed by atoms with Gasteiger partial charge in [0, 0.05) is 15.6 Å². The first-order chi connectivity index (χ1) is 9.63. The molecule has 102 valence electrons. The van der Waals surface area contributed by atoms with Crippen molar-refractivity contribution in [2.45, 2.75) is 13.2 Å². The molecule has 2 rings (SSSR count). The summed E-state index contributed by atoms with van der Waals surface area (Å²) >= 11 is 3.31. The van der Waals surface area contributed by atoms with Gasteiger partial charge in [-0.05, 0) is 36.4 Å². The van der Waals surface area contributed by atoms with E-state index in [9.17, 15) is 9.50 Å². The van der Waals surface area contributed by atoms with E-state index in [2.05, 4.69) is 15.9 Å². The van der Waals surface area contributed by atoms with Gasteiger partial charge in [0.15, 0.2) is 0 Å². The van der Waals surface area contributed by atoms with Gasteiger partial charge in [0.05, 0.1) is 18.2 Å². The van der Waals surface area contributed by atoms with E-state index >= 15 is 0 Å². The zero-order valence-electron chi connectivity index (χ0n) is 10.4. The van der Waals surface area contributed by atoms with Gasteiger partial charge < -0.3 is 9.84 Å². The molecule has 5 heteroatoms. The monoisotopic (exact) mass is 335 g/mol. The molecule has 0 atom stereocenters. The van der Waals surface area contributed by atoms with Crippen LogP contribution in [0.15, 0.2) is 40.9 Å².